The van der Waals surface area contributed by atoms with Crippen LogP contribution < -0.4 is 0 Å². The Morgan fingerprint density at radius 1 is 1.30 bits per heavy atom. The monoisotopic (exact) mass is 330 g/mol. The minimum atomic E-state index is 0.0949. The van der Waals surface area contributed by atoms with E-state index < -0.39 is 0 Å². The fraction of sp³-hybridized carbons (Fsp3) is 0.588. The summed E-state index contributed by atoms with van der Waals surface area (Å²) in [4.78, 5) is 16.0. The first-order valence-electron chi connectivity index (χ1n) is 8.51. The molecule has 0 aromatic carbocycles. The van der Waals surface area contributed by atoms with Gasteiger partial charge in [0.15, 0.2) is 5.82 Å². The highest BCUT2D eigenvalue weighted by Crippen LogP contribution is 2.34. The highest BCUT2D eigenvalue weighted by molar-refractivity contribution is 7.10. The lowest BCUT2D eigenvalue weighted by molar-refractivity contribution is -0.134. The van der Waals surface area contributed by atoms with Crippen LogP contribution in [0.3, 0.4) is 0 Å². The maximum absolute atomic E-state index is 12.8. The van der Waals surface area contributed by atoms with Gasteiger partial charge in [-0.1, -0.05) is 6.07 Å². The molecule has 2 aromatic rings. The summed E-state index contributed by atoms with van der Waals surface area (Å²) in [6.45, 7) is 1.84. The highest BCUT2D eigenvalue weighted by Gasteiger charge is 2.32. The molecule has 2 fully saturated rings. The summed E-state index contributed by atoms with van der Waals surface area (Å²) in [6.07, 6.45) is 8.20. The quantitative estimate of drug-likeness (QED) is 0.847. The first kappa shape index (κ1) is 14.9. The van der Waals surface area contributed by atoms with E-state index in [1.165, 1.54) is 12.8 Å². The molecule has 0 spiro atoms. The van der Waals surface area contributed by atoms with Gasteiger partial charge in [0.1, 0.15) is 6.33 Å². The van der Waals surface area contributed by atoms with Gasteiger partial charge >= 0.3 is 0 Å². The van der Waals surface area contributed by atoms with Crippen LogP contribution in [0.4, 0.5) is 0 Å². The lowest BCUT2D eigenvalue weighted by Gasteiger charge is -2.35. The molecule has 0 radical (unpaired) electrons. The summed E-state index contributed by atoms with van der Waals surface area (Å²) in [6, 6.07) is 4.14. The van der Waals surface area contributed by atoms with E-state index in [1.807, 2.05) is 28.7 Å². The third-order valence-electron chi connectivity index (χ3n) is 4.82. The molecule has 1 amide bonds. The van der Waals surface area contributed by atoms with Crippen molar-refractivity contribution in [1.82, 2.24) is 19.7 Å². The van der Waals surface area contributed by atoms with Crippen molar-refractivity contribution < 1.29 is 4.79 Å². The number of hydrogen-bond donors (Lipinski definition) is 0. The van der Waals surface area contributed by atoms with Gasteiger partial charge in [-0.25, -0.2) is 0 Å². The zero-order valence-corrected chi connectivity index (χ0v) is 14.0. The van der Waals surface area contributed by atoms with Crippen LogP contribution in [0.5, 0.6) is 0 Å². The van der Waals surface area contributed by atoms with E-state index in [9.17, 15) is 4.79 Å². The predicted molar refractivity (Wildman–Crippen MR) is 89.1 cm³/mol. The molecule has 23 heavy (non-hydrogen) atoms. The number of amides is 1. The van der Waals surface area contributed by atoms with Crippen LogP contribution in [0.1, 0.15) is 48.8 Å². The standard InChI is InChI=1S/C17H22N4OS/c22-16(10-14-4-3-9-23-14)21-8-2-1-5-15(21)17-19-18-12-20(17)11-13-6-7-13/h3-4,9,12-13,15H,1-2,5-8,10-11H2. The van der Waals surface area contributed by atoms with E-state index in [-0.39, 0.29) is 11.9 Å². The number of piperidine rings is 1. The normalized spacial score (nSPS) is 21.6. The molecule has 5 nitrogen and oxygen atoms in total. The van der Waals surface area contributed by atoms with E-state index in [4.69, 9.17) is 0 Å². The number of carbonyl (C=O) groups excluding carboxylic acids is 1. The molecule has 122 valence electrons. The Bertz CT molecular complexity index is 662. The maximum Gasteiger partial charge on any atom is 0.228 e. The summed E-state index contributed by atoms with van der Waals surface area (Å²) in [7, 11) is 0. The predicted octanol–water partition coefficient (Wildman–Crippen LogP) is 3.05. The van der Waals surface area contributed by atoms with Gasteiger partial charge in [-0.05, 0) is 49.5 Å². The van der Waals surface area contributed by atoms with E-state index in [0.717, 1.165) is 49.0 Å². The molecule has 1 aliphatic carbocycles. The molecular formula is C17H22N4OS. The SMILES string of the molecule is O=C(Cc1cccs1)N1CCCCC1c1nncn1CC1CC1. The van der Waals surface area contributed by atoms with Gasteiger partial charge in [-0.2, -0.15) is 0 Å². The molecule has 3 heterocycles. The Morgan fingerprint density at radius 2 is 2.22 bits per heavy atom. The molecule has 1 saturated heterocycles. The van der Waals surface area contributed by atoms with Crippen LogP contribution in [0.15, 0.2) is 23.8 Å². The molecule has 2 aromatic heterocycles. The van der Waals surface area contributed by atoms with Crippen LogP contribution in [-0.4, -0.2) is 32.1 Å². The summed E-state index contributed by atoms with van der Waals surface area (Å²) >= 11 is 1.65. The molecule has 6 heteroatoms. The first-order chi connectivity index (χ1) is 11.3. The molecule has 1 aliphatic heterocycles. The highest BCUT2D eigenvalue weighted by atomic mass is 32.1. The second-order valence-electron chi connectivity index (χ2n) is 6.64. The van der Waals surface area contributed by atoms with Crippen molar-refractivity contribution in [2.45, 2.75) is 51.1 Å². The van der Waals surface area contributed by atoms with E-state index >= 15 is 0 Å². The van der Waals surface area contributed by atoms with E-state index in [2.05, 4.69) is 14.8 Å². The van der Waals surface area contributed by atoms with Crippen LogP contribution in [0.25, 0.3) is 0 Å². The maximum atomic E-state index is 12.8. The van der Waals surface area contributed by atoms with Gasteiger partial charge in [0, 0.05) is 18.0 Å². The molecule has 0 bridgehead atoms. The number of rotatable bonds is 5. The second kappa shape index (κ2) is 6.43. The number of likely N-dealkylation sites (tertiary alicyclic amines) is 1. The number of thiophene rings is 1. The fourth-order valence-corrected chi connectivity index (χ4v) is 4.10. The van der Waals surface area contributed by atoms with Gasteiger partial charge < -0.3 is 9.47 Å². The summed E-state index contributed by atoms with van der Waals surface area (Å²) in [5.41, 5.74) is 0. The third kappa shape index (κ3) is 3.32. The van der Waals surface area contributed by atoms with Crippen molar-refractivity contribution in [2.75, 3.05) is 6.54 Å². The Morgan fingerprint density at radius 3 is 3.00 bits per heavy atom. The molecule has 1 unspecified atom stereocenters. The minimum absolute atomic E-state index is 0.0949. The zero-order valence-electron chi connectivity index (χ0n) is 13.2. The van der Waals surface area contributed by atoms with Crippen LogP contribution in [-0.2, 0) is 17.8 Å². The van der Waals surface area contributed by atoms with Gasteiger partial charge in [0.05, 0.1) is 12.5 Å². The van der Waals surface area contributed by atoms with Gasteiger partial charge in [0.25, 0.3) is 0 Å². The fourth-order valence-electron chi connectivity index (χ4n) is 3.40. The minimum Gasteiger partial charge on any atom is -0.332 e. The average molecular weight is 330 g/mol. The second-order valence-corrected chi connectivity index (χ2v) is 7.67. The topological polar surface area (TPSA) is 51.0 Å². The van der Waals surface area contributed by atoms with Crippen molar-refractivity contribution in [1.29, 1.82) is 0 Å². The van der Waals surface area contributed by atoms with Crippen molar-refractivity contribution in [3.63, 3.8) is 0 Å². The molecule has 0 N–H and O–H groups in total. The lowest BCUT2D eigenvalue weighted by Crippen LogP contribution is -2.40. The molecular weight excluding hydrogens is 308 g/mol. The van der Waals surface area contributed by atoms with Crippen LogP contribution in [0, 0.1) is 5.92 Å². The molecule has 1 atom stereocenters. The number of nitrogens with zero attached hydrogens (tertiary/aromatic N) is 4. The number of carbonyl (C=O) groups is 1. The number of hydrogen-bond acceptors (Lipinski definition) is 4. The average Bonchev–Trinajstić information content (AvgIpc) is 3.04. The Balaban J connectivity index is 1.53. The summed E-state index contributed by atoms with van der Waals surface area (Å²) < 4.78 is 2.18. The summed E-state index contributed by atoms with van der Waals surface area (Å²) in [5, 5.41) is 10.5. The van der Waals surface area contributed by atoms with E-state index in [0.29, 0.717) is 6.42 Å². The Labute approximate surface area is 140 Å². The van der Waals surface area contributed by atoms with E-state index in [1.54, 1.807) is 11.3 Å². The van der Waals surface area contributed by atoms with Gasteiger partial charge in [0.2, 0.25) is 5.91 Å². The van der Waals surface area contributed by atoms with Crippen molar-refractivity contribution >= 4 is 17.2 Å². The van der Waals surface area contributed by atoms with Crippen LogP contribution in [0.2, 0.25) is 0 Å². The van der Waals surface area contributed by atoms with Crippen LogP contribution >= 0.6 is 11.3 Å². The smallest absolute Gasteiger partial charge is 0.228 e. The van der Waals surface area contributed by atoms with Crippen molar-refractivity contribution in [2.24, 2.45) is 5.92 Å². The first-order valence-corrected chi connectivity index (χ1v) is 9.39. The Kier molecular flexibility index (Phi) is 4.16. The van der Waals surface area contributed by atoms with Gasteiger partial charge in [-0.3, -0.25) is 4.79 Å². The molecule has 4 rings (SSSR count). The van der Waals surface area contributed by atoms with Crippen molar-refractivity contribution in [3.05, 3.63) is 34.5 Å². The molecule has 2 aliphatic rings. The van der Waals surface area contributed by atoms with Gasteiger partial charge in [-0.15, -0.1) is 21.5 Å². The largest absolute Gasteiger partial charge is 0.332 e. The van der Waals surface area contributed by atoms with Crippen molar-refractivity contribution in [3.8, 4) is 0 Å². The zero-order chi connectivity index (χ0) is 15.6. The third-order valence-corrected chi connectivity index (χ3v) is 5.70. The Hall–Kier alpha value is -1.69. The summed E-state index contributed by atoms with van der Waals surface area (Å²) in [5.74, 6) is 1.98. The lowest BCUT2D eigenvalue weighted by atomic mass is 10.0. The number of aromatic nitrogens is 3. The molecule has 1 saturated carbocycles.